The molecular weight excluding hydrogens is 150 g/mol. The normalized spacial score (nSPS) is 14.8. The Kier molecular flexibility index (Phi) is 2.87. The second-order valence-corrected chi connectivity index (χ2v) is 2.55. The van der Waals surface area contributed by atoms with Crippen LogP contribution >= 0.6 is 0 Å². The van der Waals surface area contributed by atoms with Gasteiger partial charge in [-0.3, -0.25) is 0 Å². The molecule has 3 N–H and O–H groups in total. The fourth-order valence-electron chi connectivity index (χ4n) is 0.961. The molecule has 2 heteroatoms. The Morgan fingerprint density at radius 2 is 1.92 bits per heavy atom. The summed E-state index contributed by atoms with van der Waals surface area (Å²) in [5.41, 5.74) is 6.51. The summed E-state index contributed by atoms with van der Waals surface area (Å²) < 4.78 is 0. The summed E-state index contributed by atoms with van der Waals surface area (Å²) in [5, 5.41) is 9.22. The molecule has 0 aromatic heterocycles. The van der Waals surface area contributed by atoms with E-state index in [0.717, 1.165) is 5.56 Å². The van der Waals surface area contributed by atoms with Crippen LogP contribution in [0, 0.1) is 12.3 Å². The molecule has 2 atom stereocenters. The van der Waals surface area contributed by atoms with Crippen molar-refractivity contribution >= 4 is 0 Å². The third-order valence-electron chi connectivity index (χ3n) is 1.70. The number of hydrogen-bond acceptors (Lipinski definition) is 2. The molecule has 0 saturated heterocycles. The van der Waals surface area contributed by atoms with Crippen molar-refractivity contribution in [3.05, 3.63) is 35.9 Å². The SMILES string of the molecule is C#CC(O)[C@H](N)c1ccccc1. The molecule has 0 aliphatic heterocycles. The van der Waals surface area contributed by atoms with Gasteiger partial charge in [0.05, 0.1) is 6.04 Å². The van der Waals surface area contributed by atoms with E-state index >= 15 is 0 Å². The van der Waals surface area contributed by atoms with Crippen LogP contribution in [0.3, 0.4) is 0 Å². The summed E-state index contributed by atoms with van der Waals surface area (Å²) in [7, 11) is 0. The zero-order valence-corrected chi connectivity index (χ0v) is 6.64. The van der Waals surface area contributed by atoms with E-state index in [1.165, 1.54) is 0 Å². The van der Waals surface area contributed by atoms with Crippen LogP contribution in [0.2, 0.25) is 0 Å². The van der Waals surface area contributed by atoms with Crippen LogP contribution in [0.5, 0.6) is 0 Å². The lowest BCUT2D eigenvalue weighted by Crippen LogP contribution is -2.24. The maximum absolute atomic E-state index is 9.22. The Hall–Kier alpha value is -1.30. The summed E-state index contributed by atoms with van der Waals surface area (Å²) >= 11 is 0. The highest BCUT2D eigenvalue weighted by molar-refractivity contribution is 5.22. The second kappa shape index (κ2) is 3.91. The zero-order valence-electron chi connectivity index (χ0n) is 6.64. The van der Waals surface area contributed by atoms with Gasteiger partial charge in [0.15, 0.2) is 0 Å². The van der Waals surface area contributed by atoms with E-state index in [2.05, 4.69) is 5.92 Å². The van der Waals surface area contributed by atoms with Crippen molar-refractivity contribution in [3.8, 4) is 12.3 Å². The predicted molar refractivity (Wildman–Crippen MR) is 48.2 cm³/mol. The van der Waals surface area contributed by atoms with Gasteiger partial charge in [-0.1, -0.05) is 36.3 Å². The van der Waals surface area contributed by atoms with Gasteiger partial charge in [0.2, 0.25) is 0 Å². The lowest BCUT2D eigenvalue weighted by Gasteiger charge is -2.13. The summed E-state index contributed by atoms with van der Waals surface area (Å²) in [5.74, 6) is 2.19. The lowest BCUT2D eigenvalue weighted by atomic mass is 10.0. The highest BCUT2D eigenvalue weighted by Gasteiger charge is 2.12. The average Bonchev–Trinajstić information content (AvgIpc) is 2.17. The summed E-state index contributed by atoms with van der Waals surface area (Å²) in [6, 6.07) is 8.79. The Bertz CT molecular complexity index is 276. The van der Waals surface area contributed by atoms with Crippen molar-refractivity contribution in [2.75, 3.05) is 0 Å². The second-order valence-electron chi connectivity index (χ2n) is 2.55. The highest BCUT2D eigenvalue weighted by atomic mass is 16.3. The van der Waals surface area contributed by atoms with Crippen LogP contribution in [0.15, 0.2) is 30.3 Å². The molecule has 62 valence electrons. The molecule has 0 amide bonds. The number of terminal acetylenes is 1. The summed E-state index contributed by atoms with van der Waals surface area (Å²) in [4.78, 5) is 0. The van der Waals surface area contributed by atoms with E-state index in [-0.39, 0.29) is 0 Å². The van der Waals surface area contributed by atoms with E-state index in [0.29, 0.717) is 0 Å². The van der Waals surface area contributed by atoms with Gasteiger partial charge in [0, 0.05) is 0 Å². The number of nitrogens with two attached hydrogens (primary N) is 1. The van der Waals surface area contributed by atoms with Crippen molar-refractivity contribution in [2.45, 2.75) is 12.1 Å². The van der Waals surface area contributed by atoms with E-state index in [9.17, 15) is 5.11 Å². The number of benzene rings is 1. The molecule has 1 aromatic carbocycles. The topological polar surface area (TPSA) is 46.2 Å². The van der Waals surface area contributed by atoms with Gasteiger partial charge in [-0.25, -0.2) is 0 Å². The molecule has 1 aromatic rings. The lowest BCUT2D eigenvalue weighted by molar-refractivity contribution is 0.201. The molecule has 0 heterocycles. The fraction of sp³-hybridized carbons (Fsp3) is 0.200. The van der Waals surface area contributed by atoms with Gasteiger partial charge in [-0.15, -0.1) is 6.42 Å². The molecule has 0 saturated carbocycles. The van der Waals surface area contributed by atoms with Gasteiger partial charge >= 0.3 is 0 Å². The molecular formula is C10H11NO. The van der Waals surface area contributed by atoms with E-state index < -0.39 is 12.1 Å². The molecule has 0 bridgehead atoms. The van der Waals surface area contributed by atoms with Crippen molar-refractivity contribution in [3.63, 3.8) is 0 Å². The van der Waals surface area contributed by atoms with Crippen LogP contribution in [-0.2, 0) is 0 Å². The molecule has 0 aliphatic rings. The predicted octanol–water partition coefficient (Wildman–Crippen LogP) is 0.681. The first-order valence-corrected chi connectivity index (χ1v) is 3.70. The first-order valence-electron chi connectivity index (χ1n) is 3.70. The maximum Gasteiger partial charge on any atom is 0.133 e. The third-order valence-corrected chi connectivity index (χ3v) is 1.70. The fourth-order valence-corrected chi connectivity index (χ4v) is 0.961. The monoisotopic (exact) mass is 161 g/mol. The zero-order chi connectivity index (χ0) is 8.97. The van der Waals surface area contributed by atoms with Crippen molar-refractivity contribution < 1.29 is 5.11 Å². The van der Waals surface area contributed by atoms with Crippen molar-refractivity contribution in [2.24, 2.45) is 5.73 Å². The first-order chi connectivity index (χ1) is 5.75. The minimum Gasteiger partial charge on any atom is -0.378 e. The van der Waals surface area contributed by atoms with Crippen molar-refractivity contribution in [1.29, 1.82) is 0 Å². The average molecular weight is 161 g/mol. The number of rotatable bonds is 2. The van der Waals surface area contributed by atoms with E-state index in [1.54, 1.807) is 0 Å². The smallest absolute Gasteiger partial charge is 0.133 e. The van der Waals surface area contributed by atoms with Gasteiger partial charge in [-0.2, -0.15) is 0 Å². The number of aliphatic hydroxyl groups is 1. The molecule has 1 rings (SSSR count). The van der Waals surface area contributed by atoms with Crippen LogP contribution in [0.1, 0.15) is 11.6 Å². The third kappa shape index (κ3) is 1.85. The molecule has 0 fully saturated rings. The Balaban J connectivity index is 2.80. The number of hydrogen-bond donors (Lipinski definition) is 2. The largest absolute Gasteiger partial charge is 0.378 e. The molecule has 12 heavy (non-hydrogen) atoms. The Morgan fingerprint density at radius 1 is 1.33 bits per heavy atom. The van der Waals surface area contributed by atoms with Crippen LogP contribution in [0.4, 0.5) is 0 Å². The molecule has 0 spiro atoms. The van der Waals surface area contributed by atoms with E-state index in [4.69, 9.17) is 12.2 Å². The molecule has 1 unspecified atom stereocenters. The maximum atomic E-state index is 9.22. The standard InChI is InChI=1S/C10H11NO/c1-2-9(12)10(11)8-6-4-3-5-7-8/h1,3-7,9-10,12H,11H2/t9?,10-/m1/s1. The first kappa shape index (κ1) is 8.79. The summed E-state index contributed by atoms with van der Waals surface area (Å²) in [6.45, 7) is 0. The summed E-state index contributed by atoms with van der Waals surface area (Å²) in [6.07, 6.45) is 4.12. The van der Waals surface area contributed by atoms with Gasteiger partial charge in [0.1, 0.15) is 6.10 Å². The van der Waals surface area contributed by atoms with Gasteiger partial charge in [0.25, 0.3) is 0 Å². The molecule has 2 nitrogen and oxygen atoms in total. The quantitative estimate of drug-likeness (QED) is 0.626. The number of aliphatic hydroxyl groups excluding tert-OH is 1. The minimum atomic E-state index is -0.910. The minimum absolute atomic E-state index is 0.490. The molecule has 0 radical (unpaired) electrons. The van der Waals surface area contributed by atoms with Crippen LogP contribution < -0.4 is 5.73 Å². The van der Waals surface area contributed by atoms with Gasteiger partial charge < -0.3 is 10.8 Å². The van der Waals surface area contributed by atoms with E-state index in [1.807, 2.05) is 30.3 Å². The Labute approximate surface area is 72.0 Å². The van der Waals surface area contributed by atoms with Crippen LogP contribution in [0.25, 0.3) is 0 Å². The van der Waals surface area contributed by atoms with Crippen LogP contribution in [-0.4, -0.2) is 11.2 Å². The highest BCUT2D eigenvalue weighted by Crippen LogP contribution is 2.12. The van der Waals surface area contributed by atoms with Gasteiger partial charge in [-0.05, 0) is 5.56 Å². The Morgan fingerprint density at radius 3 is 2.42 bits per heavy atom. The molecule has 0 aliphatic carbocycles. The van der Waals surface area contributed by atoms with Crippen molar-refractivity contribution in [1.82, 2.24) is 0 Å².